The number of hydrogen-bond acceptors (Lipinski definition) is 4. The standard InChI is InChI=1S/C22H35NO.C10H12O2/c1-17(24)20(12-11-18-9-7-6-8-10-18)23-22(5)15-13-19(14-16-22)21(2,3)4;1-3-8-4-6-9(7-5-8)10(11)12-2/h6-10,19-20,23H,11-16H2,1-5H3;4-7H,3H2,1-2H3. The first-order valence-corrected chi connectivity index (χ1v) is 13.5. The zero-order valence-corrected chi connectivity index (χ0v) is 23.5. The predicted octanol–water partition coefficient (Wildman–Crippen LogP) is 7.20. The first-order valence-electron chi connectivity index (χ1n) is 13.5. The maximum absolute atomic E-state index is 12.1. The Labute approximate surface area is 219 Å². The van der Waals surface area contributed by atoms with Crippen molar-refractivity contribution in [3.63, 3.8) is 0 Å². The highest BCUT2D eigenvalue weighted by atomic mass is 16.5. The van der Waals surface area contributed by atoms with Gasteiger partial charge in [0.25, 0.3) is 0 Å². The van der Waals surface area contributed by atoms with E-state index in [0.29, 0.717) is 11.0 Å². The molecule has 1 N–H and O–H groups in total. The number of Topliss-reactive ketones (excluding diaryl/α,β-unsaturated/α-hetero) is 1. The Bertz CT molecular complexity index is 936. The van der Waals surface area contributed by atoms with E-state index in [1.54, 1.807) is 19.1 Å². The van der Waals surface area contributed by atoms with Crippen molar-refractivity contribution in [2.45, 2.75) is 98.1 Å². The molecule has 1 unspecified atom stereocenters. The van der Waals surface area contributed by atoms with Gasteiger partial charge in [0.1, 0.15) is 5.78 Å². The molecule has 198 valence electrons. The molecular formula is C32H47NO3. The number of hydrogen-bond donors (Lipinski definition) is 1. The van der Waals surface area contributed by atoms with Crippen molar-refractivity contribution < 1.29 is 14.3 Å². The first-order chi connectivity index (χ1) is 17.0. The van der Waals surface area contributed by atoms with E-state index in [1.807, 2.05) is 18.2 Å². The average Bonchev–Trinajstić information content (AvgIpc) is 2.86. The molecule has 1 aliphatic rings. The van der Waals surface area contributed by atoms with Crippen LogP contribution in [0.25, 0.3) is 0 Å². The molecule has 0 aliphatic heterocycles. The third kappa shape index (κ3) is 9.54. The van der Waals surface area contributed by atoms with Crippen LogP contribution in [-0.4, -0.2) is 30.4 Å². The van der Waals surface area contributed by atoms with E-state index < -0.39 is 0 Å². The molecule has 3 rings (SSSR count). The second-order valence-corrected chi connectivity index (χ2v) is 11.6. The number of benzene rings is 2. The molecule has 0 amide bonds. The fourth-order valence-corrected chi connectivity index (χ4v) is 5.01. The number of rotatable bonds is 8. The van der Waals surface area contributed by atoms with E-state index in [0.717, 1.165) is 25.2 Å². The van der Waals surface area contributed by atoms with E-state index in [2.05, 4.69) is 68.9 Å². The van der Waals surface area contributed by atoms with Gasteiger partial charge in [0.05, 0.1) is 18.7 Å². The van der Waals surface area contributed by atoms with Gasteiger partial charge in [0.15, 0.2) is 0 Å². The Hall–Kier alpha value is -2.46. The summed E-state index contributed by atoms with van der Waals surface area (Å²) in [5, 5.41) is 3.72. The summed E-state index contributed by atoms with van der Waals surface area (Å²) < 4.78 is 4.57. The lowest BCUT2D eigenvalue weighted by molar-refractivity contribution is -0.119. The second-order valence-electron chi connectivity index (χ2n) is 11.6. The van der Waals surface area contributed by atoms with Gasteiger partial charge in [-0.1, -0.05) is 70.2 Å². The first kappa shape index (κ1) is 29.8. The summed E-state index contributed by atoms with van der Waals surface area (Å²) in [4.78, 5) is 23.1. The van der Waals surface area contributed by atoms with Crippen LogP contribution in [0, 0.1) is 11.3 Å². The van der Waals surface area contributed by atoms with Crippen LogP contribution in [0.3, 0.4) is 0 Å². The van der Waals surface area contributed by atoms with Crippen molar-refractivity contribution >= 4 is 11.8 Å². The van der Waals surface area contributed by atoms with Gasteiger partial charge in [0, 0.05) is 5.54 Å². The minimum atomic E-state index is -0.280. The molecule has 0 spiro atoms. The van der Waals surface area contributed by atoms with Gasteiger partial charge in [-0.2, -0.15) is 0 Å². The zero-order chi connectivity index (χ0) is 26.8. The number of aryl methyl sites for hydroxylation is 2. The summed E-state index contributed by atoms with van der Waals surface area (Å²) >= 11 is 0. The van der Waals surface area contributed by atoms with Crippen LogP contribution in [0.2, 0.25) is 0 Å². The number of esters is 1. The van der Waals surface area contributed by atoms with Gasteiger partial charge in [-0.3, -0.25) is 4.79 Å². The minimum absolute atomic E-state index is 0.0265. The van der Waals surface area contributed by atoms with Gasteiger partial charge in [-0.15, -0.1) is 0 Å². The number of methoxy groups -OCH3 is 1. The lowest BCUT2D eigenvalue weighted by atomic mass is 9.67. The normalized spacial score (nSPS) is 20.6. The summed E-state index contributed by atoms with van der Waals surface area (Å²) in [6.07, 6.45) is 7.69. The van der Waals surface area contributed by atoms with E-state index in [-0.39, 0.29) is 23.3 Å². The topological polar surface area (TPSA) is 55.4 Å². The summed E-state index contributed by atoms with van der Waals surface area (Å²) in [5.41, 5.74) is 3.65. The molecule has 1 saturated carbocycles. The molecule has 4 heteroatoms. The fourth-order valence-electron chi connectivity index (χ4n) is 5.01. The van der Waals surface area contributed by atoms with Gasteiger partial charge in [0.2, 0.25) is 0 Å². The number of nitrogens with one attached hydrogen (secondary N) is 1. The Morgan fingerprint density at radius 2 is 1.58 bits per heavy atom. The maximum atomic E-state index is 12.1. The third-order valence-electron chi connectivity index (χ3n) is 7.68. The molecule has 1 aliphatic carbocycles. The highest BCUT2D eigenvalue weighted by Gasteiger charge is 2.37. The van der Waals surface area contributed by atoms with E-state index in [9.17, 15) is 9.59 Å². The lowest BCUT2D eigenvalue weighted by Gasteiger charge is -2.44. The Morgan fingerprint density at radius 1 is 1.00 bits per heavy atom. The van der Waals surface area contributed by atoms with Crippen molar-refractivity contribution in [2.24, 2.45) is 11.3 Å². The fraction of sp³-hybridized carbons (Fsp3) is 0.562. The maximum Gasteiger partial charge on any atom is 0.337 e. The highest BCUT2D eigenvalue weighted by Crippen LogP contribution is 2.41. The molecule has 0 saturated heterocycles. The predicted molar refractivity (Wildman–Crippen MR) is 149 cm³/mol. The molecule has 1 atom stereocenters. The van der Waals surface area contributed by atoms with Crippen LogP contribution in [-0.2, 0) is 22.4 Å². The molecule has 0 aromatic heterocycles. The van der Waals surface area contributed by atoms with Crippen LogP contribution in [0.15, 0.2) is 54.6 Å². The van der Waals surface area contributed by atoms with Crippen molar-refractivity contribution in [3.8, 4) is 0 Å². The molecule has 0 heterocycles. The van der Waals surface area contributed by atoms with Crippen molar-refractivity contribution in [1.82, 2.24) is 5.32 Å². The monoisotopic (exact) mass is 493 g/mol. The summed E-state index contributed by atoms with van der Waals surface area (Å²) in [6, 6.07) is 17.9. The quantitative estimate of drug-likeness (QED) is 0.395. The number of ether oxygens (including phenoxy) is 1. The largest absolute Gasteiger partial charge is 0.465 e. The van der Waals surface area contributed by atoms with Crippen LogP contribution in [0.1, 0.15) is 95.1 Å². The number of carbonyl (C=O) groups excluding carboxylic acids is 2. The molecule has 0 radical (unpaired) electrons. The van der Waals surface area contributed by atoms with Crippen molar-refractivity contribution in [2.75, 3.05) is 7.11 Å². The molecule has 4 nitrogen and oxygen atoms in total. The van der Waals surface area contributed by atoms with Crippen molar-refractivity contribution in [1.29, 1.82) is 0 Å². The zero-order valence-electron chi connectivity index (χ0n) is 23.5. The Kier molecular flexibility index (Phi) is 11.4. The Balaban J connectivity index is 0.000000319. The van der Waals surface area contributed by atoms with Crippen LogP contribution >= 0.6 is 0 Å². The summed E-state index contributed by atoms with van der Waals surface area (Å²) in [6.45, 7) is 13.2. The molecule has 1 fully saturated rings. The minimum Gasteiger partial charge on any atom is -0.465 e. The lowest BCUT2D eigenvalue weighted by Crippen LogP contribution is -2.53. The molecule has 36 heavy (non-hydrogen) atoms. The Morgan fingerprint density at radius 3 is 2.06 bits per heavy atom. The smallest absolute Gasteiger partial charge is 0.337 e. The second kappa shape index (κ2) is 13.7. The van der Waals surface area contributed by atoms with Crippen LogP contribution < -0.4 is 5.32 Å². The SMILES string of the molecule is CC(=O)C(CCc1ccccc1)NC1(C)CCC(C(C)(C)C)CC1.CCc1ccc(C(=O)OC)cc1. The number of ketones is 1. The van der Waals surface area contributed by atoms with E-state index >= 15 is 0 Å². The highest BCUT2D eigenvalue weighted by molar-refractivity contribution is 5.89. The van der Waals surface area contributed by atoms with Gasteiger partial charge in [-0.05, 0) is 93.4 Å². The molecule has 0 bridgehead atoms. The van der Waals surface area contributed by atoms with Crippen LogP contribution in [0.5, 0.6) is 0 Å². The molecule has 2 aromatic rings. The van der Waals surface area contributed by atoms with Crippen molar-refractivity contribution in [3.05, 3.63) is 71.3 Å². The third-order valence-corrected chi connectivity index (χ3v) is 7.68. The average molecular weight is 494 g/mol. The van der Waals surface area contributed by atoms with Gasteiger partial charge < -0.3 is 10.1 Å². The summed E-state index contributed by atoms with van der Waals surface area (Å²) in [7, 11) is 1.38. The van der Waals surface area contributed by atoms with E-state index in [1.165, 1.54) is 43.9 Å². The van der Waals surface area contributed by atoms with Gasteiger partial charge in [-0.25, -0.2) is 4.79 Å². The summed E-state index contributed by atoms with van der Waals surface area (Å²) in [5.74, 6) is 0.787. The number of carbonyl (C=O) groups is 2. The molecular weight excluding hydrogens is 446 g/mol. The van der Waals surface area contributed by atoms with E-state index in [4.69, 9.17) is 0 Å². The van der Waals surface area contributed by atoms with Crippen LogP contribution in [0.4, 0.5) is 0 Å². The van der Waals surface area contributed by atoms with Gasteiger partial charge >= 0.3 is 5.97 Å². The molecule has 2 aromatic carbocycles.